The number of nitrogens with zero attached hydrogens (tertiary/aromatic N) is 1. The van der Waals surface area contributed by atoms with Gasteiger partial charge in [-0.05, 0) is 44.2 Å². The molecule has 0 radical (unpaired) electrons. The van der Waals surface area contributed by atoms with Crippen molar-refractivity contribution in [2.24, 2.45) is 0 Å². The number of benzene rings is 1. The zero-order valence-corrected chi connectivity index (χ0v) is 12.3. The molecule has 0 saturated carbocycles. The van der Waals surface area contributed by atoms with Crippen molar-refractivity contribution in [3.63, 3.8) is 0 Å². The van der Waals surface area contributed by atoms with Gasteiger partial charge in [0.15, 0.2) is 5.56 Å². The van der Waals surface area contributed by atoms with Crippen LogP contribution < -0.4 is 15.0 Å². The highest BCUT2D eigenvalue weighted by Gasteiger charge is 2.21. The van der Waals surface area contributed by atoms with E-state index in [4.69, 9.17) is 9.47 Å². The third-order valence-electron chi connectivity index (χ3n) is 3.00. The standard InChI is InChI=1S/C16H16FNO4/c1-3-18-10-9-13(21-4-2)14(15(18)19)16(20)22-12-7-5-11(17)6-8-12/h5-10H,3-4H2,1-2H3. The van der Waals surface area contributed by atoms with Crippen LogP contribution >= 0.6 is 0 Å². The van der Waals surface area contributed by atoms with Crippen LogP contribution in [0.3, 0.4) is 0 Å². The third kappa shape index (κ3) is 3.33. The van der Waals surface area contributed by atoms with E-state index in [1.807, 2.05) is 0 Å². The molecule has 1 heterocycles. The summed E-state index contributed by atoms with van der Waals surface area (Å²) < 4.78 is 24.7. The molecule has 22 heavy (non-hydrogen) atoms. The number of hydrogen-bond acceptors (Lipinski definition) is 4. The first kappa shape index (κ1) is 15.8. The van der Waals surface area contributed by atoms with Gasteiger partial charge >= 0.3 is 5.97 Å². The van der Waals surface area contributed by atoms with Crippen molar-refractivity contribution < 1.29 is 18.7 Å². The number of hydrogen-bond donors (Lipinski definition) is 0. The predicted octanol–water partition coefficient (Wildman–Crippen LogP) is 2.63. The highest BCUT2D eigenvalue weighted by Crippen LogP contribution is 2.18. The Balaban J connectivity index is 2.38. The fourth-order valence-electron chi connectivity index (χ4n) is 1.93. The Morgan fingerprint density at radius 3 is 2.45 bits per heavy atom. The number of pyridine rings is 1. The molecule has 0 fully saturated rings. The summed E-state index contributed by atoms with van der Waals surface area (Å²) in [4.78, 5) is 24.6. The van der Waals surface area contributed by atoms with Crippen molar-refractivity contribution in [3.8, 4) is 11.5 Å². The van der Waals surface area contributed by atoms with Crippen LogP contribution in [-0.2, 0) is 6.54 Å². The molecule has 0 N–H and O–H groups in total. The van der Waals surface area contributed by atoms with Gasteiger partial charge in [-0.25, -0.2) is 9.18 Å². The number of ether oxygens (including phenoxy) is 2. The summed E-state index contributed by atoms with van der Waals surface area (Å²) in [7, 11) is 0. The van der Waals surface area contributed by atoms with Gasteiger partial charge in [-0.15, -0.1) is 0 Å². The van der Waals surface area contributed by atoms with Gasteiger partial charge in [0.25, 0.3) is 5.56 Å². The topological polar surface area (TPSA) is 57.5 Å². The summed E-state index contributed by atoms with van der Waals surface area (Å²) >= 11 is 0. The van der Waals surface area contributed by atoms with Crippen molar-refractivity contribution in [1.29, 1.82) is 0 Å². The molecule has 116 valence electrons. The maximum Gasteiger partial charge on any atom is 0.353 e. The first-order chi connectivity index (χ1) is 10.6. The van der Waals surface area contributed by atoms with E-state index in [-0.39, 0.29) is 17.1 Å². The number of halogens is 1. The molecule has 0 unspecified atom stereocenters. The van der Waals surface area contributed by atoms with Crippen LogP contribution in [0.4, 0.5) is 4.39 Å². The van der Waals surface area contributed by atoms with E-state index >= 15 is 0 Å². The molecule has 0 aliphatic heterocycles. The quantitative estimate of drug-likeness (QED) is 0.629. The minimum atomic E-state index is -0.831. The minimum absolute atomic E-state index is 0.153. The molecule has 1 aromatic heterocycles. The van der Waals surface area contributed by atoms with Gasteiger partial charge in [-0.2, -0.15) is 0 Å². The number of aromatic nitrogens is 1. The lowest BCUT2D eigenvalue weighted by molar-refractivity contribution is 0.0727. The largest absolute Gasteiger partial charge is 0.493 e. The average Bonchev–Trinajstić information content (AvgIpc) is 2.50. The summed E-state index contributed by atoms with van der Waals surface area (Å²) in [5.41, 5.74) is -0.656. The molecule has 0 amide bonds. The third-order valence-corrected chi connectivity index (χ3v) is 3.00. The van der Waals surface area contributed by atoms with Gasteiger partial charge in [0.05, 0.1) is 6.61 Å². The molecule has 0 bridgehead atoms. The van der Waals surface area contributed by atoms with E-state index in [9.17, 15) is 14.0 Å². The van der Waals surface area contributed by atoms with Gasteiger partial charge < -0.3 is 14.0 Å². The lowest BCUT2D eigenvalue weighted by atomic mass is 10.2. The molecule has 1 aromatic carbocycles. The maximum absolute atomic E-state index is 12.9. The van der Waals surface area contributed by atoms with Crippen LogP contribution in [0.1, 0.15) is 24.2 Å². The second kappa shape index (κ2) is 6.89. The number of carbonyl (C=O) groups excluding carboxylic acids is 1. The fourth-order valence-corrected chi connectivity index (χ4v) is 1.93. The van der Waals surface area contributed by atoms with E-state index in [1.54, 1.807) is 26.1 Å². The van der Waals surface area contributed by atoms with Gasteiger partial charge in [-0.1, -0.05) is 0 Å². The van der Waals surface area contributed by atoms with Crippen molar-refractivity contribution in [3.05, 3.63) is 58.3 Å². The number of rotatable bonds is 5. The molecule has 0 saturated heterocycles. The summed E-state index contributed by atoms with van der Waals surface area (Å²) in [6.07, 6.45) is 1.56. The highest BCUT2D eigenvalue weighted by molar-refractivity contribution is 5.93. The Bertz CT molecular complexity index is 722. The fraction of sp³-hybridized carbons (Fsp3) is 0.250. The Labute approximate surface area is 126 Å². The van der Waals surface area contributed by atoms with E-state index in [1.165, 1.54) is 28.8 Å². The van der Waals surface area contributed by atoms with Crippen molar-refractivity contribution in [2.75, 3.05) is 6.61 Å². The van der Waals surface area contributed by atoms with Crippen LogP contribution in [0.15, 0.2) is 41.3 Å². The van der Waals surface area contributed by atoms with Gasteiger partial charge in [0.2, 0.25) is 0 Å². The van der Waals surface area contributed by atoms with E-state index in [0.29, 0.717) is 13.2 Å². The molecule has 6 heteroatoms. The first-order valence-corrected chi connectivity index (χ1v) is 6.90. The molecule has 5 nitrogen and oxygen atoms in total. The predicted molar refractivity (Wildman–Crippen MR) is 78.9 cm³/mol. The van der Waals surface area contributed by atoms with Crippen LogP contribution in [0.25, 0.3) is 0 Å². The summed E-state index contributed by atoms with van der Waals surface area (Å²) in [5, 5.41) is 0. The molecule has 0 atom stereocenters. The van der Waals surface area contributed by atoms with Gasteiger partial charge in [0, 0.05) is 12.7 Å². The second-order valence-electron chi connectivity index (χ2n) is 4.42. The Morgan fingerprint density at radius 1 is 1.18 bits per heavy atom. The van der Waals surface area contributed by atoms with Gasteiger partial charge in [0.1, 0.15) is 17.3 Å². The summed E-state index contributed by atoms with van der Waals surface area (Å²) in [6, 6.07) is 6.52. The summed E-state index contributed by atoms with van der Waals surface area (Å²) in [6.45, 7) is 4.27. The lowest BCUT2D eigenvalue weighted by Gasteiger charge is -2.11. The second-order valence-corrected chi connectivity index (χ2v) is 4.42. The van der Waals surface area contributed by atoms with E-state index < -0.39 is 17.3 Å². The molecule has 2 aromatic rings. The first-order valence-electron chi connectivity index (χ1n) is 6.90. The van der Waals surface area contributed by atoms with Crippen LogP contribution in [-0.4, -0.2) is 17.1 Å². The van der Waals surface area contributed by atoms with Crippen LogP contribution in [0, 0.1) is 5.82 Å². The molecule has 0 aliphatic carbocycles. The zero-order chi connectivity index (χ0) is 16.1. The Hall–Kier alpha value is -2.63. The smallest absolute Gasteiger partial charge is 0.353 e. The van der Waals surface area contributed by atoms with E-state index in [0.717, 1.165) is 0 Å². The molecular weight excluding hydrogens is 289 g/mol. The van der Waals surface area contributed by atoms with Crippen molar-refractivity contribution >= 4 is 5.97 Å². The lowest BCUT2D eigenvalue weighted by Crippen LogP contribution is -2.28. The maximum atomic E-state index is 12.9. The Kier molecular flexibility index (Phi) is 4.93. The van der Waals surface area contributed by atoms with E-state index in [2.05, 4.69) is 0 Å². The van der Waals surface area contributed by atoms with Crippen LogP contribution in [0.5, 0.6) is 11.5 Å². The number of carbonyl (C=O) groups is 1. The number of aryl methyl sites for hydroxylation is 1. The summed E-state index contributed by atoms with van der Waals surface area (Å²) in [5.74, 6) is -0.949. The zero-order valence-electron chi connectivity index (χ0n) is 12.3. The molecular formula is C16H16FNO4. The molecule has 0 spiro atoms. The molecule has 0 aliphatic rings. The molecule has 2 rings (SSSR count). The van der Waals surface area contributed by atoms with Crippen molar-refractivity contribution in [2.45, 2.75) is 20.4 Å². The SMILES string of the molecule is CCOc1ccn(CC)c(=O)c1C(=O)Oc1ccc(F)cc1. The number of esters is 1. The highest BCUT2D eigenvalue weighted by atomic mass is 19.1. The van der Waals surface area contributed by atoms with Crippen molar-refractivity contribution in [1.82, 2.24) is 4.57 Å². The average molecular weight is 305 g/mol. The minimum Gasteiger partial charge on any atom is -0.493 e. The normalized spacial score (nSPS) is 10.3. The van der Waals surface area contributed by atoms with Crippen LogP contribution in [0.2, 0.25) is 0 Å². The van der Waals surface area contributed by atoms with Gasteiger partial charge in [-0.3, -0.25) is 4.79 Å². The Morgan fingerprint density at radius 2 is 1.86 bits per heavy atom. The monoisotopic (exact) mass is 305 g/mol.